The maximum absolute atomic E-state index is 13.4. The number of hydrogen-bond donors (Lipinski definition) is 1. The number of ether oxygens (including phenoxy) is 2. The molecular weight excluding hydrogens is 441 g/mol. The Morgan fingerprint density at radius 2 is 2.03 bits per heavy atom. The topological polar surface area (TPSA) is 68.7 Å². The molecule has 0 amide bonds. The van der Waals surface area contributed by atoms with Gasteiger partial charge < -0.3 is 14.6 Å². The number of nitrogens with zero attached hydrogens (tertiary/aromatic N) is 1. The lowest BCUT2D eigenvalue weighted by atomic mass is 10.0. The SMILES string of the molecule is CCOC(Cc1ccc(OCc2sc(-c3ccc(F)c(Cl)c3)nc2C)cc1C)C(=O)O. The summed E-state index contributed by atoms with van der Waals surface area (Å²) >= 11 is 7.35. The normalized spacial score (nSPS) is 12.0. The lowest BCUT2D eigenvalue weighted by Gasteiger charge is -2.15. The van der Waals surface area contributed by atoms with E-state index < -0.39 is 17.9 Å². The third-order valence-corrected chi connectivity index (χ3v) is 6.26. The first-order valence-electron chi connectivity index (χ1n) is 9.77. The number of aryl methyl sites for hydroxylation is 2. The highest BCUT2D eigenvalue weighted by Crippen LogP contribution is 2.31. The second-order valence-corrected chi connectivity index (χ2v) is 8.51. The summed E-state index contributed by atoms with van der Waals surface area (Å²) < 4.78 is 24.6. The summed E-state index contributed by atoms with van der Waals surface area (Å²) in [4.78, 5) is 16.8. The molecule has 1 unspecified atom stereocenters. The van der Waals surface area contributed by atoms with E-state index in [0.29, 0.717) is 25.4 Å². The minimum absolute atomic E-state index is 0.0631. The maximum atomic E-state index is 13.4. The lowest BCUT2D eigenvalue weighted by molar-refractivity contribution is -0.149. The third-order valence-electron chi connectivity index (χ3n) is 4.79. The minimum atomic E-state index is -0.972. The van der Waals surface area contributed by atoms with Crippen molar-refractivity contribution in [1.82, 2.24) is 4.98 Å². The molecule has 3 rings (SSSR count). The molecular formula is C23H23ClFNO4S. The minimum Gasteiger partial charge on any atom is -0.488 e. The Labute approximate surface area is 189 Å². The molecule has 0 fully saturated rings. The number of carboxylic acid groups (broad SMARTS) is 1. The molecule has 0 saturated carbocycles. The van der Waals surface area contributed by atoms with Crippen LogP contribution in [0.5, 0.6) is 5.75 Å². The van der Waals surface area contributed by atoms with E-state index in [-0.39, 0.29) is 5.02 Å². The van der Waals surface area contributed by atoms with Gasteiger partial charge in [-0.3, -0.25) is 0 Å². The molecule has 1 aromatic heterocycles. The van der Waals surface area contributed by atoms with E-state index in [1.54, 1.807) is 19.1 Å². The van der Waals surface area contributed by atoms with Gasteiger partial charge in [0.15, 0.2) is 6.10 Å². The Morgan fingerprint density at radius 1 is 1.26 bits per heavy atom. The van der Waals surface area contributed by atoms with Crippen molar-refractivity contribution in [2.45, 2.75) is 39.9 Å². The van der Waals surface area contributed by atoms with Gasteiger partial charge in [0.2, 0.25) is 0 Å². The van der Waals surface area contributed by atoms with Crippen LogP contribution in [-0.4, -0.2) is 28.8 Å². The molecule has 0 saturated heterocycles. The van der Waals surface area contributed by atoms with Crippen molar-refractivity contribution < 1.29 is 23.8 Å². The van der Waals surface area contributed by atoms with E-state index in [0.717, 1.165) is 32.3 Å². The molecule has 1 atom stereocenters. The zero-order valence-corrected chi connectivity index (χ0v) is 19.0. The van der Waals surface area contributed by atoms with Gasteiger partial charge in [-0.2, -0.15) is 0 Å². The third kappa shape index (κ3) is 5.81. The van der Waals surface area contributed by atoms with Gasteiger partial charge in [-0.25, -0.2) is 14.2 Å². The van der Waals surface area contributed by atoms with E-state index >= 15 is 0 Å². The fourth-order valence-electron chi connectivity index (χ4n) is 3.07. The number of benzene rings is 2. The number of carboxylic acids is 1. The molecule has 0 spiro atoms. The van der Waals surface area contributed by atoms with Gasteiger partial charge in [0, 0.05) is 18.6 Å². The van der Waals surface area contributed by atoms with Crippen LogP contribution in [0.4, 0.5) is 4.39 Å². The summed E-state index contributed by atoms with van der Waals surface area (Å²) in [6, 6.07) is 10.1. The highest BCUT2D eigenvalue weighted by atomic mass is 35.5. The largest absolute Gasteiger partial charge is 0.488 e. The molecule has 0 bridgehead atoms. The van der Waals surface area contributed by atoms with E-state index in [1.165, 1.54) is 17.4 Å². The summed E-state index contributed by atoms with van der Waals surface area (Å²) in [6.45, 7) is 6.28. The van der Waals surface area contributed by atoms with E-state index in [4.69, 9.17) is 21.1 Å². The molecule has 0 radical (unpaired) electrons. The van der Waals surface area contributed by atoms with Crippen molar-refractivity contribution in [2.24, 2.45) is 0 Å². The molecule has 1 heterocycles. The Kier molecular flexibility index (Phi) is 7.64. The van der Waals surface area contributed by atoms with Crippen LogP contribution in [0.25, 0.3) is 10.6 Å². The average Bonchev–Trinajstić information content (AvgIpc) is 3.10. The predicted octanol–water partition coefficient (Wildman–Crippen LogP) is 5.83. The predicted molar refractivity (Wildman–Crippen MR) is 120 cm³/mol. The van der Waals surface area contributed by atoms with Gasteiger partial charge in [0.05, 0.1) is 15.6 Å². The number of aromatic nitrogens is 1. The number of carbonyl (C=O) groups is 1. The first kappa shape index (κ1) is 23.2. The molecule has 0 aliphatic carbocycles. The Morgan fingerprint density at radius 3 is 2.68 bits per heavy atom. The summed E-state index contributed by atoms with van der Waals surface area (Å²) in [7, 11) is 0. The first-order chi connectivity index (χ1) is 14.8. The molecule has 164 valence electrons. The monoisotopic (exact) mass is 463 g/mol. The quantitative estimate of drug-likeness (QED) is 0.432. The molecule has 3 aromatic rings. The maximum Gasteiger partial charge on any atom is 0.333 e. The van der Waals surface area contributed by atoms with Crippen molar-refractivity contribution in [3.05, 3.63) is 68.9 Å². The van der Waals surface area contributed by atoms with Gasteiger partial charge in [-0.15, -0.1) is 11.3 Å². The van der Waals surface area contributed by atoms with Gasteiger partial charge in [0.25, 0.3) is 0 Å². The lowest BCUT2D eigenvalue weighted by Crippen LogP contribution is -2.26. The second kappa shape index (κ2) is 10.2. The molecule has 5 nitrogen and oxygen atoms in total. The molecule has 0 aliphatic heterocycles. The van der Waals surface area contributed by atoms with E-state index in [2.05, 4.69) is 4.98 Å². The summed E-state index contributed by atoms with van der Waals surface area (Å²) in [5, 5.41) is 10.1. The van der Waals surface area contributed by atoms with Crippen LogP contribution in [0.1, 0.15) is 28.6 Å². The van der Waals surface area contributed by atoms with E-state index in [1.807, 2.05) is 32.0 Å². The zero-order valence-electron chi connectivity index (χ0n) is 17.4. The molecule has 2 aromatic carbocycles. The van der Waals surface area contributed by atoms with Crippen molar-refractivity contribution in [3.63, 3.8) is 0 Å². The standard InChI is InChI=1S/C23H23ClFNO4S/c1-4-29-20(23(27)28)11-15-5-7-17(9-13(15)2)30-12-21-14(3)26-22(31-21)16-6-8-19(25)18(24)10-16/h5-10,20H,4,11-12H2,1-3H3,(H,27,28). The van der Waals surface area contributed by atoms with Crippen LogP contribution in [-0.2, 0) is 22.6 Å². The fourth-order valence-corrected chi connectivity index (χ4v) is 4.22. The van der Waals surface area contributed by atoms with Gasteiger partial charge in [-0.1, -0.05) is 17.7 Å². The fraction of sp³-hybridized carbons (Fsp3) is 0.304. The number of hydrogen-bond acceptors (Lipinski definition) is 5. The van der Waals surface area contributed by atoms with Crippen LogP contribution in [0.2, 0.25) is 5.02 Å². The number of rotatable bonds is 9. The molecule has 0 aliphatic rings. The second-order valence-electron chi connectivity index (χ2n) is 7.02. The van der Waals surface area contributed by atoms with Crippen LogP contribution in [0.3, 0.4) is 0 Å². The van der Waals surface area contributed by atoms with Crippen LogP contribution in [0, 0.1) is 19.7 Å². The highest BCUT2D eigenvalue weighted by Gasteiger charge is 2.19. The van der Waals surface area contributed by atoms with Gasteiger partial charge in [0.1, 0.15) is 23.2 Å². The van der Waals surface area contributed by atoms with Crippen LogP contribution in [0.15, 0.2) is 36.4 Å². The van der Waals surface area contributed by atoms with Crippen molar-refractivity contribution >= 4 is 28.9 Å². The number of halogens is 2. The summed E-state index contributed by atoms with van der Waals surface area (Å²) in [5.74, 6) is -0.749. The average molecular weight is 464 g/mol. The van der Waals surface area contributed by atoms with Gasteiger partial charge in [-0.05, 0) is 62.2 Å². The number of aliphatic carboxylic acids is 1. The smallest absolute Gasteiger partial charge is 0.333 e. The number of thiazole rings is 1. The Bertz CT molecular complexity index is 1090. The Balaban J connectivity index is 1.69. The van der Waals surface area contributed by atoms with Crippen molar-refractivity contribution in [2.75, 3.05) is 6.61 Å². The molecule has 1 N–H and O–H groups in total. The Hall–Kier alpha value is -2.48. The summed E-state index contributed by atoms with van der Waals surface area (Å²) in [5.41, 5.74) is 3.44. The first-order valence-corrected chi connectivity index (χ1v) is 11.0. The van der Waals surface area contributed by atoms with Crippen LogP contribution >= 0.6 is 22.9 Å². The van der Waals surface area contributed by atoms with Gasteiger partial charge >= 0.3 is 5.97 Å². The zero-order chi connectivity index (χ0) is 22.5. The molecule has 8 heteroatoms. The van der Waals surface area contributed by atoms with Crippen molar-refractivity contribution in [3.8, 4) is 16.3 Å². The summed E-state index contributed by atoms with van der Waals surface area (Å²) in [6.07, 6.45) is -0.569. The van der Waals surface area contributed by atoms with Crippen molar-refractivity contribution in [1.29, 1.82) is 0 Å². The molecule has 31 heavy (non-hydrogen) atoms. The van der Waals surface area contributed by atoms with E-state index in [9.17, 15) is 14.3 Å². The van der Waals surface area contributed by atoms with Crippen LogP contribution < -0.4 is 4.74 Å². The highest BCUT2D eigenvalue weighted by molar-refractivity contribution is 7.15.